The van der Waals surface area contributed by atoms with Crippen LogP contribution < -0.4 is 14.8 Å². The zero-order valence-corrected chi connectivity index (χ0v) is 12.1. The van der Waals surface area contributed by atoms with Gasteiger partial charge < -0.3 is 19.5 Å². The van der Waals surface area contributed by atoms with Crippen LogP contribution in [0.5, 0.6) is 11.5 Å². The second kappa shape index (κ2) is 6.43. The molecule has 0 aliphatic carbocycles. The van der Waals surface area contributed by atoms with Gasteiger partial charge in [0.2, 0.25) is 0 Å². The Hall–Kier alpha value is -1.75. The first-order valence-electron chi connectivity index (χ1n) is 6.09. The van der Waals surface area contributed by atoms with E-state index in [0.29, 0.717) is 23.6 Å². The topological polar surface area (TPSA) is 56.8 Å². The minimum absolute atomic E-state index is 0.190. The number of nitrogens with one attached hydrogen (secondary N) is 1. The van der Waals surface area contributed by atoms with E-state index in [1.54, 1.807) is 39.3 Å². The number of anilines is 1. The molecule has 0 aliphatic rings. The monoisotopic (exact) mass is 267 g/mol. The van der Waals surface area contributed by atoms with Gasteiger partial charge in [0.05, 0.1) is 14.2 Å². The average molecular weight is 267 g/mol. The molecule has 1 aromatic carbocycles. The quantitative estimate of drug-likeness (QED) is 0.860. The Bertz CT molecular complexity index is 441. The van der Waals surface area contributed by atoms with Crippen molar-refractivity contribution in [3.63, 3.8) is 0 Å². The maximum atomic E-state index is 12.1. The number of methoxy groups -OCH3 is 3. The van der Waals surface area contributed by atoms with Crippen LogP contribution in [-0.2, 0) is 9.53 Å². The summed E-state index contributed by atoms with van der Waals surface area (Å²) in [4.78, 5) is 12.1. The third-order valence-corrected chi connectivity index (χ3v) is 3.25. The number of amides is 1. The predicted octanol–water partition coefficient (Wildman–Crippen LogP) is 2.46. The molecule has 1 aromatic rings. The van der Waals surface area contributed by atoms with Gasteiger partial charge in [0.15, 0.2) is 11.5 Å². The van der Waals surface area contributed by atoms with Gasteiger partial charge in [-0.15, -0.1) is 0 Å². The van der Waals surface area contributed by atoms with Crippen LogP contribution in [0.2, 0.25) is 0 Å². The van der Waals surface area contributed by atoms with E-state index in [4.69, 9.17) is 14.2 Å². The van der Waals surface area contributed by atoms with Gasteiger partial charge in [0, 0.05) is 18.9 Å². The van der Waals surface area contributed by atoms with Crippen LogP contribution in [0.4, 0.5) is 5.69 Å². The molecule has 5 heteroatoms. The first-order chi connectivity index (χ1) is 9.00. The van der Waals surface area contributed by atoms with Gasteiger partial charge >= 0.3 is 0 Å². The van der Waals surface area contributed by atoms with Gasteiger partial charge in [-0.2, -0.15) is 0 Å². The molecule has 5 nitrogen and oxygen atoms in total. The summed E-state index contributed by atoms with van der Waals surface area (Å²) in [6.45, 7) is 3.65. The average Bonchev–Trinajstić information content (AvgIpc) is 2.45. The molecule has 0 aliphatic heterocycles. The Morgan fingerprint density at radius 2 is 1.84 bits per heavy atom. The Balaban J connectivity index is 2.91. The fraction of sp³-hybridized carbons (Fsp3) is 0.500. The second-order valence-corrected chi connectivity index (χ2v) is 4.31. The molecule has 19 heavy (non-hydrogen) atoms. The molecule has 1 atom stereocenters. The molecule has 0 fully saturated rings. The molecule has 1 unspecified atom stereocenters. The van der Waals surface area contributed by atoms with Crippen LogP contribution in [0, 0.1) is 0 Å². The smallest absolute Gasteiger partial charge is 0.256 e. The summed E-state index contributed by atoms with van der Waals surface area (Å²) in [6.07, 6.45) is 0.586. The summed E-state index contributed by atoms with van der Waals surface area (Å²) in [6, 6.07) is 5.21. The van der Waals surface area contributed by atoms with E-state index in [0.717, 1.165) is 0 Å². The van der Waals surface area contributed by atoms with Crippen molar-refractivity contribution in [3.05, 3.63) is 18.2 Å². The first kappa shape index (κ1) is 15.3. The van der Waals surface area contributed by atoms with Gasteiger partial charge in [-0.25, -0.2) is 0 Å². The van der Waals surface area contributed by atoms with Crippen molar-refractivity contribution in [3.8, 4) is 11.5 Å². The molecule has 0 heterocycles. The van der Waals surface area contributed by atoms with Gasteiger partial charge in [-0.1, -0.05) is 6.92 Å². The van der Waals surface area contributed by atoms with Gasteiger partial charge in [0.1, 0.15) is 5.60 Å². The van der Waals surface area contributed by atoms with E-state index in [-0.39, 0.29) is 5.91 Å². The molecule has 1 rings (SSSR count). The maximum absolute atomic E-state index is 12.1. The van der Waals surface area contributed by atoms with Crippen molar-refractivity contribution in [2.24, 2.45) is 0 Å². The highest BCUT2D eigenvalue weighted by atomic mass is 16.5. The van der Waals surface area contributed by atoms with E-state index >= 15 is 0 Å². The third kappa shape index (κ3) is 3.38. The number of carbonyl (C=O) groups excluding carboxylic acids is 1. The number of ether oxygens (including phenoxy) is 3. The highest BCUT2D eigenvalue weighted by Crippen LogP contribution is 2.30. The van der Waals surface area contributed by atoms with Crippen LogP contribution in [0.15, 0.2) is 18.2 Å². The zero-order chi connectivity index (χ0) is 14.5. The second-order valence-electron chi connectivity index (χ2n) is 4.31. The lowest BCUT2D eigenvalue weighted by atomic mass is 10.0. The van der Waals surface area contributed by atoms with Crippen molar-refractivity contribution in [2.75, 3.05) is 26.6 Å². The van der Waals surface area contributed by atoms with Crippen molar-refractivity contribution in [1.29, 1.82) is 0 Å². The van der Waals surface area contributed by atoms with Gasteiger partial charge in [-0.3, -0.25) is 4.79 Å². The van der Waals surface area contributed by atoms with Gasteiger partial charge in [0.25, 0.3) is 5.91 Å². The van der Waals surface area contributed by atoms with Crippen LogP contribution in [0.1, 0.15) is 20.3 Å². The minimum Gasteiger partial charge on any atom is -0.493 e. The van der Waals surface area contributed by atoms with Crippen LogP contribution >= 0.6 is 0 Å². The van der Waals surface area contributed by atoms with Crippen molar-refractivity contribution in [1.82, 2.24) is 0 Å². The lowest BCUT2D eigenvalue weighted by Gasteiger charge is -2.25. The summed E-state index contributed by atoms with van der Waals surface area (Å²) in [5.41, 5.74) is -0.202. The molecule has 0 radical (unpaired) electrons. The Morgan fingerprint density at radius 3 is 2.32 bits per heavy atom. The predicted molar refractivity (Wildman–Crippen MR) is 73.9 cm³/mol. The summed E-state index contributed by atoms with van der Waals surface area (Å²) >= 11 is 0. The Labute approximate surface area is 113 Å². The van der Waals surface area contributed by atoms with E-state index in [9.17, 15) is 4.79 Å². The summed E-state index contributed by atoms with van der Waals surface area (Å²) < 4.78 is 15.6. The number of hydrogen-bond donors (Lipinski definition) is 1. The molecule has 106 valence electrons. The lowest BCUT2D eigenvalue weighted by molar-refractivity contribution is -0.136. The molecule has 1 amide bonds. The van der Waals surface area contributed by atoms with Crippen LogP contribution in [-0.4, -0.2) is 32.8 Å². The highest BCUT2D eigenvalue weighted by molar-refractivity contribution is 5.97. The molecule has 1 N–H and O–H groups in total. The standard InChI is InChI=1S/C14H21NO4/c1-6-14(2,19-5)13(16)15-10-7-8-11(17-3)12(9-10)18-4/h7-9H,6H2,1-5H3,(H,15,16). The number of rotatable bonds is 6. The molecule has 0 spiro atoms. The van der Waals surface area contributed by atoms with E-state index in [2.05, 4.69) is 5.32 Å². The highest BCUT2D eigenvalue weighted by Gasteiger charge is 2.31. The normalized spacial score (nSPS) is 13.5. The van der Waals surface area contributed by atoms with E-state index in [1.165, 1.54) is 7.11 Å². The minimum atomic E-state index is -0.840. The molecule has 0 aromatic heterocycles. The number of benzene rings is 1. The van der Waals surface area contributed by atoms with Crippen molar-refractivity contribution < 1.29 is 19.0 Å². The van der Waals surface area contributed by atoms with Crippen LogP contribution in [0.25, 0.3) is 0 Å². The molecular formula is C14H21NO4. The molecule has 0 bridgehead atoms. The first-order valence-corrected chi connectivity index (χ1v) is 6.09. The number of carbonyl (C=O) groups is 1. The fourth-order valence-electron chi connectivity index (χ4n) is 1.57. The molecule has 0 saturated heterocycles. The molecule has 0 saturated carbocycles. The van der Waals surface area contributed by atoms with Crippen LogP contribution in [0.3, 0.4) is 0 Å². The third-order valence-electron chi connectivity index (χ3n) is 3.25. The van der Waals surface area contributed by atoms with Gasteiger partial charge in [-0.05, 0) is 25.5 Å². The molecular weight excluding hydrogens is 246 g/mol. The van der Waals surface area contributed by atoms with E-state index in [1.807, 2.05) is 6.92 Å². The van der Waals surface area contributed by atoms with Crippen molar-refractivity contribution >= 4 is 11.6 Å². The summed E-state index contributed by atoms with van der Waals surface area (Å²) in [5, 5.41) is 2.81. The fourth-order valence-corrected chi connectivity index (χ4v) is 1.57. The van der Waals surface area contributed by atoms with E-state index < -0.39 is 5.60 Å². The Morgan fingerprint density at radius 1 is 1.21 bits per heavy atom. The number of hydrogen-bond acceptors (Lipinski definition) is 4. The Kier molecular flexibility index (Phi) is 5.18. The largest absolute Gasteiger partial charge is 0.493 e. The zero-order valence-electron chi connectivity index (χ0n) is 12.1. The lowest BCUT2D eigenvalue weighted by Crippen LogP contribution is -2.41. The SMILES string of the molecule is CCC(C)(OC)C(=O)Nc1ccc(OC)c(OC)c1. The summed E-state index contributed by atoms with van der Waals surface area (Å²) in [7, 11) is 4.64. The summed E-state index contributed by atoms with van der Waals surface area (Å²) in [5.74, 6) is 0.992. The van der Waals surface area contributed by atoms with Crippen molar-refractivity contribution in [2.45, 2.75) is 25.9 Å². The maximum Gasteiger partial charge on any atom is 0.256 e.